The van der Waals surface area contributed by atoms with Gasteiger partial charge in [-0.1, -0.05) is 0 Å². The normalized spacial score (nSPS) is 28.7. The Morgan fingerprint density at radius 1 is 1.58 bits per heavy atom. The highest BCUT2D eigenvalue weighted by Gasteiger charge is 2.50. The van der Waals surface area contributed by atoms with Gasteiger partial charge in [-0.3, -0.25) is 5.21 Å². The molecule has 1 heterocycles. The van der Waals surface area contributed by atoms with E-state index in [0.717, 1.165) is 4.74 Å². The van der Waals surface area contributed by atoms with Crippen molar-refractivity contribution in [3.8, 4) is 0 Å². The fourth-order valence-corrected chi connectivity index (χ4v) is 0.998. The third-order valence-electron chi connectivity index (χ3n) is 2.10. The van der Waals surface area contributed by atoms with Crippen molar-refractivity contribution in [3.63, 3.8) is 0 Å². The molecule has 0 aromatic heterocycles. The van der Waals surface area contributed by atoms with Gasteiger partial charge in [-0.05, 0) is 4.74 Å². The molecule has 0 fully saturated rings. The standard InChI is InChI=1S/C7H13N2O3/c1-5-4-8(11)7(2,3)6(10)9(5)12/h4,6,10-11H,1-3H3/q+1/t6-/m0/s1. The minimum atomic E-state index is -1.24. The highest BCUT2D eigenvalue weighted by atomic mass is 16.5. The zero-order chi connectivity index (χ0) is 9.52. The van der Waals surface area contributed by atoms with Gasteiger partial charge in [0.15, 0.2) is 0 Å². The summed E-state index contributed by atoms with van der Waals surface area (Å²) >= 11 is 0. The van der Waals surface area contributed by atoms with E-state index in [9.17, 15) is 15.5 Å². The summed E-state index contributed by atoms with van der Waals surface area (Å²) in [5.74, 6) is 0. The third kappa shape index (κ3) is 1.06. The van der Waals surface area contributed by atoms with E-state index < -0.39 is 11.8 Å². The van der Waals surface area contributed by atoms with Crippen LogP contribution < -0.4 is 0 Å². The second-order valence-electron chi connectivity index (χ2n) is 3.47. The van der Waals surface area contributed by atoms with Gasteiger partial charge in [-0.2, -0.15) is 4.74 Å². The first-order valence-corrected chi connectivity index (χ1v) is 3.68. The van der Waals surface area contributed by atoms with Gasteiger partial charge in [0.1, 0.15) is 0 Å². The molecule has 0 radical (unpaired) electrons. The average Bonchev–Trinajstić information content (AvgIpc) is 1.99. The fraction of sp³-hybridized carbons (Fsp3) is 0.714. The maximum Gasteiger partial charge on any atom is 0.335 e. The summed E-state index contributed by atoms with van der Waals surface area (Å²) in [6.45, 7) is 4.67. The lowest BCUT2D eigenvalue weighted by Gasteiger charge is -2.24. The Balaban J connectivity index is 3.16. The van der Waals surface area contributed by atoms with Crippen molar-refractivity contribution in [3.05, 3.63) is 5.21 Å². The molecule has 0 bridgehead atoms. The lowest BCUT2D eigenvalue weighted by atomic mass is 10.0. The Kier molecular flexibility index (Phi) is 1.83. The molecule has 0 aromatic rings. The smallest absolute Gasteiger partial charge is 0.335 e. The number of rotatable bonds is 0. The van der Waals surface area contributed by atoms with Crippen LogP contribution in [0.1, 0.15) is 20.8 Å². The third-order valence-corrected chi connectivity index (χ3v) is 2.10. The van der Waals surface area contributed by atoms with E-state index in [1.165, 1.54) is 13.1 Å². The topological polar surface area (TPSA) is 69.5 Å². The van der Waals surface area contributed by atoms with Gasteiger partial charge < -0.3 is 10.3 Å². The first kappa shape index (κ1) is 8.99. The summed E-state index contributed by atoms with van der Waals surface area (Å²) in [5, 5.41) is 29.9. The Labute approximate surface area is 70.4 Å². The minimum absolute atomic E-state index is 0.282. The van der Waals surface area contributed by atoms with Crippen LogP contribution in [0.5, 0.6) is 0 Å². The average molecular weight is 173 g/mol. The van der Waals surface area contributed by atoms with Crippen LogP contribution in [0, 0.1) is 5.21 Å². The SMILES string of the molecule is CC1=[N+]([O-])[C@@H](O)C(C)(C)[N+](O)=C1. The van der Waals surface area contributed by atoms with Crippen molar-refractivity contribution in [1.82, 2.24) is 0 Å². The number of hydrogen-bond acceptors (Lipinski definition) is 3. The molecule has 1 atom stereocenters. The summed E-state index contributed by atoms with van der Waals surface area (Å²) in [5.41, 5.74) is -0.689. The van der Waals surface area contributed by atoms with Crippen LogP contribution in [0.4, 0.5) is 0 Å². The van der Waals surface area contributed by atoms with Crippen LogP contribution >= 0.6 is 0 Å². The van der Waals surface area contributed by atoms with E-state index in [4.69, 9.17) is 0 Å². The van der Waals surface area contributed by atoms with Crippen LogP contribution in [0.2, 0.25) is 0 Å². The molecule has 0 saturated carbocycles. The Hall–Kier alpha value is -1.10. The van der Waals surface area contributed by atoms with Crippen molar-refractivity contribution in [2.24, 2.45) is 0 Å². The lowest BCUT2D eigenvalue weighted by Crippen LogP contribution is -2.55. The van der Waals surface area contributed by atoms with Gasteiger partial charge in [0.05, 0.1) is 0 Å². The quantitative estimate of drug-likeness (QED) is 0.296. The van der Waals surface area contributed by atoms with Gasteiger partial charge in [0.2, 0.25) is 0 Å². The molecular weight excluding hydrogens is 160 g/mol. The molecule has 0 spiro atoms. The second-order valence-corrected chi connectivity index (χ2v) is 3.47. The Morgan fingerprint density at radius 3 is 2.58 bits per heavy atom. The molecule has 5 heteroatoms. The maximum absolute atomic E-state index is 11.1. The van der Waals surface area contributed by atoms with E-state index >= 15 is 0 Å². The zero-order valence-electron chi connectivity index (χ0n) is 7.35. The fourth-order valence-electron chi connectivity index (χ4n) is 0.998. The maximum atomic E-state index is 11.1. The summed E-state index contributed by atoms with van der Waals surface area (Å²) in [6, 6.07) is 0. The first-order chi connectivity index (χ1) is 5.37. The van der Waals surface area contributed by atoms with Crippen LogP contribution in [0.25, 0.3) is 0 Å². The zero-order valence-corrected chi connectivity index (χ0v) is 7.35. The molecule has 1 aliphatic heterocycles. The highest BCUT2D eigenvalue weighted by molar-refractivity contribution is 6.25. The summed E-state index contributed by atoms with van der Waals surface area (Å²) in [4.78, 5) is 0. The van der Waals surface area contributed by atoms with Crippen molar-refractivity contribution in [2.75, 3.05) is 0 Å². The molecule has 1 rings (SSSR count). The van der Waals surface area contributed by atoms with Crippen LogP contribution in [0.3, 0.4) is 0 Å². The minimum Gasteiger partial charge on any atom is -0.621 e. The molecule has 2 N–H and O–H groups in total. The Morgan fingerprint density at radius 2 is 2.08 bits per heavy atom. The van der Waals surface area contributed by atoms with Crippen molar-refractivity contribution in [2.45, 2.75) is 32.5 Å². The van der Waals surface area contributed by atoms with E-state index in [1.54, 1.807) is 13.8 Å². The molecule has 0 aromatic carbocycles. The van der Waals surface area contributed by atoms with Gasteiger partial charge in [-0.15, -0.1) is 0 Å². The lowest BCUT2D eigenvalue weighted by molar-refractivity contribution is -0.851. The summed E-state index contributed by atoms with van der Waals surface area (Å²) in [7, 11) is 0. The molecule has 0 unspecified atom stereocenters. The molecule has 0 amide bonds. The van der Waals surface area contributed by atoms with E-state index in [2.05, 4.69) is 0 Å². The van der Waals surface area contributed by atoms with Crippen molar-refractivity contribution >= 4 is 11.9 Å². The van der Waals surface area contributed by atoms with Crippen LogP contribution in [0.15, 0.2) is 0 Å². The van der Waals surface area contributed by atoms with Crippen molar-refractivity contribution in [1.29, 1.82) is 0 Å². The largest absolute Gasteiger partial charge is 0.621 e. The van der Waals surface area contributed by atoms with Gasteiger partial charge in [0, 0.05) is 20.8 Å². The molecule has 68 valence electrons. The predicted octanol–water partition coefficient (Wildman–Crippen LogP) is -0.459. The van der Waals surface area contributed by atoms with Crippen LogP contribution in [-0.4, -0.2) is 43.5 Å². The number of aliphatic hydroxyl groups is 1. The van der Waals surface area contributed by atoms with Gasteiger partial charge in [0.25, 0.3) is 17.5 Å². The van der Waals surface area contributed by atoms with Gasteiger partial charge in [-0.25, -0.2) is 0 Å². The second kappa shape index (κ2) is 2.45. The number of hydrogen-bond donors (Lipinski definition) is 2. The summed E-state index contributed by atoms with van der Waals surface area (Å²) < 4.78 is 1.33. The number of hydroxylamine groups is 2. The van der Waals surface area contributed by atoms with Gasteiger partial charge >= 0.3 is 6.23 Å². The summed E-state index contributed by atoms with van der Waals surface area (Å²) in [6.07, 6.45) is 0.0483. The first-order valence-electron chi connectivity index (χ1n) is 3.68. The molecule has 12 heavy (non-hydrogen) atoms. The number of aliphatic hydroxyl groups excluding tert-OH is 1. The Bertz CT molecular complexity index is 268. The number of nitrogens with zero attached hydrogens (tertiary/aromatic N) is 2. The monoisotopic (exact) mass is 173 g/mol. The van der Waals surface area contributed by atoms with Crippen LogP contribution in [-0.2, 0) is 0 Å². The van der Waals surface area contributed by atoms with E-state index in [-0.39, 0.29) is 5.71 Å². The molecule has 5 nitrogen and oxygen atoms in total. The molecule has 0 aliphatic carbocycles. The van der Waals surface area contributed by atoms with E-state index in [0.29, 0.717) is 4.74 Å². The predicted molar refractivity (Wildman–Crippen MR) is 42.5 cm³/mol. The van der Waals surface area contributed by atoms with Crippen molar-refractivity contribution < 1.29 is 19.8 Å². The van der Waals surface area contributed by atoms with E-state index in [1.807, 2.05) is 0 Å². The highest BCUT2D eigenvalue weighted by Crippen LogP contribution is 2.16. The molecule has 1 aliphatic rings. The molecular formula is C7H13N2O3+. The molecule has 0 saturated heterocycles.